The number of alkyl halides is 3. The summed E-state index contributed by atoms with van der Waals surface area (Å²) in [7, 11) is 0. The molecule has 1 fully saturated rings. The first kappa shape index (κ1) is 21.7. The van der Waals surface area contributed by atoms with Crippen molar-refractivity contribution in [2.45, 2.75) is 32.0 Å². The van der Waals surface area contributed by atoms with Crippen LogP contribution in [0.3, 0.4) is 0 Å². The predicted molar refractivity (Wildman–Crippen MR) is 96.1 cm³/mol. The lowest BCUT2D eigenvalue weighted by Gasteiger charge is -2.17. The highest BCUT2D eigenvalue weighted by atomic mass is 19.4. The highest BCUT2D eigenvalue weighted by Gasteiger charge is 2.67. The van der Waals surface area contributed by atoms with Crippen LogP contribution in [-0.4, -0.2) is 18.5 Å². The van der Waals surface area contributed by atoms with E-state index in [-0.39, 0.29) is 25.1 Å². The summed E-state index contributed by atoms with van der Waals surface area (Å²) in [5.41, 5.74) is -1.72. The van der Waals surface area contributed by atoms with Crippen LogP contribution in [0.2, 0.25) is 0 Å². The Morgan fingerprint density at radius 3 is 2.33 bits per heavy atom. The minimum atomic E-state index is -4.50. The smallest absolute Gasteiger partial charge is 0.416 e. The van der Waals surface area contributed by atoms with Crippen LogP contribution in [0, 0.1) is 17.0 Å². The maximum Gasteiger partial charge on any atom is 0.416 e. The second-order valence-electron chi connectivity index (χ2n) is 7.00. The lowest BCUT2D eigenvalue weighted by molar-refractivity contribution is -0.154. The van der Waals surface area contributed by atoms with Crippen molar-refractivity contribution >= 4 is 11.9 Å². The molecule has 4 nitrogen and oxygen atoms in total. The Hall–Kier alpha value is -2.97. The number of benzene rings is 2. The van der Waals surface area contributed by atoms with Gasteiger partial charge in [-0.2, -0.15) is 13.2 Å². The molecule has 1 aliphatic carbocycles. The summed E-state index contributed by atoms with van der Waals surface area (Å²) in [6.07, 6.45) is -4.43. The molecule has 1 saturated carbocycles. The minimum absolute atomic E-state index is 0.0246. The van der Waals surface area contributed by atoms with E-state index >= 15 is 0 Å². The number of rotatable bonds is 6. The molecule has 3 rings (SSSR count). The Bertz CT molecular complexity index is 958. The Balaban J connectivity index is 1.78. The fourth-order valence-corrected chi connectivity index (χ4v) is 3.39. The monoisotopic (exact) mass is 427 g/mol. The van der Waals surface area contributed by atoms with Gasteiger partial charge in [-0.05, 0) is 48.7 Å². The van der Waals surface area contributed by atoms with Crippen LogP contribution < -0.4 is 5.32 Å². The number of esters is 1. The lowest BCUT2D eigenvalue weighted by atomic mass is 9.97. The van der Waals surface area contributed by atoms with Gasteiger partial charge in [0.15, 0.2) is 17.0 Å². The van der Waals surface area contributed by atoms with Crippen molar-refractivity contribution in [3.63, 3.8) is 0 Å². The van der Waals surface area contributed by atoms with E-state index in [2.05, 4.69) is 5.32 Å². The van der Waals surface area contributed by atoms with E-state index < -0.39 is 46.6 Å². The Labute approximate surface area is 169 Å². The first-order chi connectivity index (χ1) is 14.1. The summed E-state index contributed by atoms with van der Waals surface area (Å²) >= 11 is 0. The van der Waals surface area contributed by atoms with Gasteiger partial charge in [0, 0.05) is 12.5 Å². The average molecular weight is 427 g/mol. The highest BCUT2D eigenvalue weighted by Crippen LogP contribution is 2.60. The van der Waals surface area contributed by atoms with Gasteiger partial charge >= 0.3 is 12.1 Å². The lowest BCUT2D eigenvalue weighted by Crippen LogP contribution is -2.39. The molecule has 160 valence electrons. The molecule has 2 aromatic rings. The molecule has 0 aromatic heterocycles. The normalized spacial score (nSPS) is 20.5. The molecule has 30 heavy (non-hydrogen) atoms. The average Bonchev–Trinajstić information content (AvgIpc) is 3.45. The van der Waals surface area contributed by atoms with Crippen molar-refractivity contribution < 1.29 is 36.3 Å². The topological polar surface area (TPSA) is 55.4 Å². The van der Waals surface area contributed by atoms with Crippen LogP contribution in [0.5, 0.6) is 0 Å². The summed E-state index contributed by atoms with van der Waals surface area (Å²) in [5, 5.41) is 2.51. The Kier molecular flexibility index (Phi) is 5.83. The number of amides is 1. The number of hydrogen-bond donors (Lipinski definition) is 1. The maximum atomic E-state index is 13.3. The summed E-state index contributed by atoms with van der Waals surface area (Å²) in [6, 6.07) is 7.38. The van der Waals surface area contributed by atoms with Gasteiger partial charge in [0.05, 0.1) is 12.2 Å². The third-order valence-corrected chi connectivity index (χ3v) is 5.08. The minimum Gasteiger partial charge on any atom is -0.465 e. The molecular weight excluding hydrogens is 409 g/mol. The number of nitrogens with one attached hydrogen (secondary N) is 1. The molecule has 0 aliphatic heterocycles. The second-order valence-corrected chi connectivity index (χ2v) is 7.00. The van der Waals surface area contributed by atoms with Crippen LogP contribution in [0.4, 0.5) is 22.0 Å². The SMILES string of the molecule is CCOC(=O)C1(C(=O)NCc2ccc(F)c(F)c2)CC1c1ccc(C(F)(F)F)cc1. The highest BCUT2D eigenvalue weighted by molar-refractivity contribution is 6.07. The predicted octanol–water partition coefficient (Wildman–Crippen LogP) is 4.34. The van der Waals surface area contributed by atoms with E-state index in [4.69, 9.17) is 4.74 Å². The number of halogens is 5. The Morgan fingerprint density at radius 2 is 1.77 bits per heavy atom. The summed E-state index contributed by atoms with van der Waals surface area (Å²) < 4.78 is 69.7. The van der Waals surface area contributed by atoms with Gasteiger partial charge in [-0.15, -0.1) is 0 Å². The summed E-state index contributed by atoms with van der Waals surface area (Å²) in [6.45, 7) is 1.44. The number of carbonyl (C=O) groups is 2. The van der Waals surface area contributed by atoms with E-state index in [1.165, 1.54) is 18.2 Å². The van der Waals surface area contributed by atoms with Gasteiger partial charge in [-0.1, -0.05) is 18.2 Å². The molecule has 1 amide bonds. The molecule has 1 N–H and O–H groups in total. The van der Waals surface area contributed by atoms with Crippen LogP contribution in [0.15, 0.2) is 42.5 Å². The van der Waals surface area contributed by atoms with E-state index in [0.717, 1.165) is 24.3 Å². The molecule has 0 bridgehead atoms. The van der Waals surface area contributed by atoms with E-state index in [9.17, 15) is 31.5 Å². The number of hydrogen-bond acceptors (Lipinski definition) is 3. The molecule has 0 saturated heterocycles. The van der Waals surface area contributed by atoms with Gasteiger partial charge in [0.2, 0.25) is 5.91 Å². The summed E-state index contributed by atoms with van der Waals surface area (Å²) in [4.78, 5) is 25.3. The van der Waals surface area contributed by atoms with Crippen molar-refractivity contribution in [1.29, 1.82) is 0 Å². The quantitative estimate of drug-likeness (QED) is 0.424. The molecule has 1 aliphatic rings. The van der Waals surface area contributed by atoms with Crippen LogP contribution >= 0.6 is 0 Å². The third kappa shape index (κ3) is 4.15. The zero-order valence-corrected chi connectivity index (χ0v) is 15.9. The largest absolute Gasteiger partial charge is 0.465 e. The van der Waals surface area contributed by atoms with E-state index in [1.54, 1.807) is 6.92 Å². The first-order valence-electron chi connectivity index (χ1n) is 9.16. The van der Waals surface area contributed by atoms with Gasteiger partial charge in [0.1, 0.15) is 0 Å². The fourth-order valence-electron chi connectivity index (χ4n) is 3.39. The molecular formula is C21H18F5NO3. The molecule has 0 radical (unpaired) electrons. The van der Waals surface area contributed by atoms with Crippen molar-refractivity contribution in [2.24, 2.45) is 5.41 Å². The molecule has 9 heteroatoms. The van der Waals surface area contributed by atoms with Gasteiger partial charge in [-0.3, -0.25) is 9.59 Å². The number of ether oxygens (including phenoxy) is 1. The van der Waals surface area contributed by atoms with Crippen LogP contribution in [0.25, 0.3) is 0 Å². The maximum absolute atomic E-state index is 13.3. The van der Waals surface area contributed by atoms with Crippen molar-refractivity contribution in [1.82, 2.24) is 5.32 Å². The fraction of sp³-hybridized carbons (Fsp3) is 0.333. The van der Waals surface area contributed by atoms with E-state index in [1.807, 2.05) is 0 Å². The van der Waals surface area contributed by atoms with Gasteiger partial charge < -0.3 is 10.1 Å². The Morgan fingerprint density at radius 1 is 1.10 bits per heavy atom. The zero-order chi connectivity index (χ0) is 22.1. The van der Waals surface area contributed by atoms with Crippen LogP contribution in [-0.2, 0) is 27.0 Å². The van der Waals surface area contributed by atoms with Crippen molar-refractivity contribution in [3.05, 3.63) is 70.8 Å². The molecule has 0 spiro atoms. The molecule has 0 heterocycles. The van der Waals surface area contributed by atoms with Crippen LogP contribution in [0.1, 0.15) is 36.0 Å². The molecule has 2 unspecified atom stereocenters. The van der Waals surface area contributed by atoms with Gasteiger partial charge in [-0.25, -0.2) is 8.78 Å². The molecule has 2 atom stereocenters. The van der Waals surface area contributed by atoms with Crippen molar-refractivity contribution in [3.8, 4) is 0 Å². The first-order valence-corrected chi connectivity index (χ1v) is 9.16. The third-order valence-electron chi connectivity index (χ3n) is 5.08. The standard InChI is InChI=1S/C21H18F5NO3/c1-2-30-19(29)20(18(28)27-11-12-3-8-16(22)17(23)9-12)10-15(20)13-4-6-14(7-5-13)21(24,25)26/h3-9,15H,2,10-11H2,1H3,(H,27,28). The number of carbonyl (C=O) groups excluding carboxylic acids is 2. The van der Waals surface area contributed by atoms with Gasteiger partial charge in [0.25, 0.3) is 0 Å². The zero-order valence-electron chi connectivity index (χ0n) is 15.9. The second kappa shape index (κ2) is 8.04. The summed E-state index contributed by atoms with van der Waals surface area (Å²) in [5.74, 6) is -4.22. The van der Waals surface area contributed by atoms with E-state index in [0.29, 0.717) is 5.56 Å². The van der Waals surface area contributed by atoms with Crippen molar-refractivity contribution in [2.75, 3.05) is 6.61 Å². The molecule has 2 aromatic carbocycles.